The maximum atomic E-state index is 12.2. The van der Waals surface area contributed by atoms with Crippen LogP contribution in [0, 0.1) is 0 Å². The fourth-order valence-electron chi connectivity index (χ4n) is 3.78. The Morgan fingerprint density at radius 3 is 2.74 bits per heavy atom. The molecule has 1 saturated heterocycles. The van der Waals surface area contributed by atoms with Gasteiger partial charge in [0.05, 0.1) is 0 Å². The van der Waals surface area contributed by atoms with E-state index in [1.807, 2.05) is 18.2 Å². The van der Waals surface area contributed by atoms with Crippen molar-refractivity contribution in [3.8, 4) is 11.5 Å². The maximum Gasteiger partial charge on any atom is 0.221 e. The maximum absolute atomic E-state index is 12.2. The Morgan fingerprint density at radius 1 is 1.07 bits per heavy atom. The zero-order chi connectivity index (χ0) is 18.5. The molecule has 0 aromatic heterocycles. The van der Waals surface area contributed by atoms with Gasteiger partial charge >= 0.3 is 0 Å². The number of benzene rings is 2. The van der Waals surface area contributed by atoms with Crippen LogP contribution in [0.1, 0.15) is 29.9 Å². The third kappa shape index (κ3) is 4.61. The summed E-state index contributed by atoms with van der Waals surface area (Å²) >= 11 is 0. The number of hydrogen-bond acceptors (Lipinski definition) is 4. The van der Waals surface area contributed by atoms with Crippen LogP contribution in [0.4, 0.5) is 0 Å². The lowest BCUT2D eigenvalue weighted by Gasteiger charge is -2.19. The highest BCUT2D eigenvalue weighted by atomic mass is 16.6. The molecular formula is C22H26N2O3. The Labute approximate surface area is 160 Å². The molecule has 0 saturated carbocycles. The van der Waals surface area contributed by atoms with Crippen LogP contribution in [-0.2, 0) is 11.3 Å². The minimum atomic E-state index is 0.0908. The minimum Gasteiger partial charge on any atom is -0.486 e. The number of amides is 1. The van der Waals surface area contributed by atoms with E-state index in [9.17, 15) is 4.79 Å². The summed E-state index contributed by atoms with van der Waals surface area (Å²) in [5.74, 6) is 2.22. The standard InChI is InChI=1S/C22H26N2O3/c25-22(23-15-17-6-7-20-21(14-17)27-13-12-26-20)9-11-24-10-8-19(16-24)18-4-2-1-3-5-18/h1-7,14,19H,8-13,15-16H2,(H,23,25). The topological polar surface area (TPSA) is 50.8 Å². The molecule has 27 heavy (non-hydrogen) atoms. The SMILES string of the molecule is O=C(CCN1CCC(c2ccccc2)C1)NCc1ccc2c(c1)OCCO2. The van der Waals surface area contributed by atoms with Crippen LogP contribution in [0.2, 0.25) is 0 Å². The average molecular weight is 366 g/mol. The average Bonchev–Trinajstić information content (AvgIpc) is 3.20. The van der Waals surface area contributed by atoms with Gasteiger partial charge < -0.3 is 19.7 Å². The van der Waals surface area contributed by atoms with Crippen molar-refractivity contribution in [3.05, 3.63) is 59.7 Å². The van der Waals surface area contributed by atoms with Crippen molar-refractivity contribution in [1.29, 1.82) is 0 Å². The van der Waals surface area contributed by atoms with Gasteiger partial charge in [0.2, 0.25) is 5.91 Å². The molecule has 1 fully saturated rings. The van der Waals surface area contributed by atoms with Gasteiger partial charge in [-0.2, -0.15) is 0 Å². The van der Waals surface area contributed by atoms with Gasteiger partial charge in [-0.1, -0.05) is 36.4 Å². The Hall–Kier alpha value is -2.53. The normalized spacial score (nSPS) is 19.0. The summed E-state index contributed by atoms with van der Waals surface area (Å²) in [4.78, 5) is 14.6. The largest absolute Gasteiger partial charge is 0.486 e. The first-order valence-electron chi connectivity index (χ1n) is 9.70. The summed E-state index contributed by atoms with van der Waals surface area (Å²) in [6.45, 7) is 4.60. The lowest BCUT2D eigenvalue weighted by atomic mass is 9.99. The fourth-order valence-corrected chi connectivity index (χ4v) is 3.78. The molecule has 2 aliphatic heterocycles. The van der Waals surface area contributed by atoms with Gasteiger partial charge in [0, 0.05) is 26.1 Å². The second-order valence-corrected chi connectivity index (χ2v) is 7.20. The molecule has 2 aliphatic rings. The van der Waals surface area contributed by atoms with Gasteiger partial charge in [-0.05, 0) is 42.1 Å². The predicted molar refractivity (Wildman–Crippen MR) is 104 cm³/mol. The van der Waals surface area contributed by atoms with Crippen molar-refractivity contribution in [1.82, 2.24) is 10.2 Å². The van der Waals surface area contributed by atoms with Crippen molar-refractivity contribution in [2.45, 2.75) is 25.3 Å². The molecule has 142 valence electrons. The predicted octanol–water partition coefficient (Wildman–Crippen LogP) is 2.95. The lowest BCUT2D eigenvalue weighted by molar-refractivity contribution is -0.121. The zero-order valence-electron chi connectivity index (χ0n) is 15.5. The first-order chi connectivity index (χ1) is 13.3. The number of carbonyl (C=O) groups is 1. The third-order valence-electron chi connectivity index (χ3n) is 5.29. The molecule has 1 amide bonds. The van der Waals surface area contributed by atoms with Crippen molar-refractivity contribution in [2.75, 3.05) is 32.8 Å². The van der Waals surface area contributed by atoms with Crippen LogP contribution in [0.15, 0.2) is 48.5 Å². The number of hydrogen-bond donors (Lipinski definition) is 1. The first-order valence-corrected chi connectivity index (χ1v) is 9.70. The molecule has 2 aromatic rings. The van der Waals surface area contributed by atoms with Gasteiger partial charge in [0.15, 0.2) is 11.5 Å². The summed E-state index contributed by atoms with van der Waals surface area (Å²) in [6, 6.07) is 16.5. The molecule has 5 nitrogen and oxygen atoms in total. The molecule has 5 heteroatoms. The number of ether oxygens (including phenoxy) is 2. The highest BCUT2D eigenvalue weighted by Gasteiger charge is 2.23. The van der Waals surface area contributed by atoms with Gasteiger partial charge in [-0.15, -0.1) is 0 Å². The lowest BCUT2D eigenvalue weighted by Crippen LogP contribution is -2.29. The van der Waals surface area contributed by atoms with Crippen molar-refractivity contribution >= 4 is 5.91 Å². The highest BCUT2D eigenvalue weighted by molar-refractivity contribution is 5.76. The number of likely N-dealkylation sites (tertiary alicyclic amines) is 1. The summed E-state index contributed by atoms with van der Waals surface area (Å²) in [5.41, 5.74) is 2.43. The Bertz CT molecular complexity index is 778. The van der Waals surface area contributed by atoms with E-state index in [4.69, 9.17) is 9.47 Å². The number of fused-ring (bicyclic) bond motifs is 1. The molecule has 4 rings (SSSR count). The van der Waals surface area contributed by atoms with E-state index in [-0.39, 0.29) is 5.91 Å². The van der Waals surface area contributed by atoms with Gasteiger partial charge in [-0.25, -0.2) is 0 Å². The van der Waals surface area contributed by atoms with E-state index in [2.05, 4.69) is 40.5 Å². The number of carbonyl (C=O) groups excluding carboxylic acids is 1. The van der Waals surface area contributed by atoms with E-state index in [1.54, 1.807) is 0 Å². The van der Waals surface area contributed by atoms with E-state index < -0.39 is 0 Å². The molecule has 0 aliphatic carbocycles. The fraction of sp³-hybridized carbons (Fsp3) is 0.409. The monoisotopic (exact) mass is 366 g/mol. The number of nitrogens with one attached hydrogen (secondary N) is 1. The second-order valence-electron chi connectivity index (χ2n) is 7.20. The van der Waals surface area contributed by atoms with Crippen LogP contribution in [0.3, 0.4) is 0 Å². The molecule has 0 bridgehead atoms. The van der Waals surface area contributed by atoms with Crippen LogP contribution >= 0.6 is 0 Å². The summed E-state index contributed by atoms with van der Waals surface area (Å²) in [7, 11) is 0. The van der Waals surface area contributed by atoms with E-state index in [0.29, 0.717) is 32.1 Å². The van der Waals surface area contributed by atoms with Gasteiger partial charge in [0.1, 0.15) is 13.2 Å². The first kappa shape index (κ1) is 17.9. The third-order valence-corrected chi connectivity index (χ3v) is 5.29. The van der Waals surface area contributed by atoms with Crippen molar-refractivity contribution in [3.63, 3.8) is 0 Å². The number of nitrogens with zero attached hydrogens (tertiary/aromatic N) is 1. The molecule has 1 atom stereocenters. The highest BCUT2D eigenvalue weighted by Crippen LogP contribution is 2.30. The molecule has 0 spiro atoms. The van der Waals surface area contributed by atoms with E-state index >= 15 is 0 Å². The van der Waals surface area contributed by atoms with Crippen LogP contribution < -0.4 is 14.8 Å². The van der Waals surface area contributed by atoms with Crippen LogP contribution in [0.25, 0.3) is 0 Å². The van der Waals surface area contributed by atoms with Crippen LogP contribution in [0.5, 0.6) is 11.5 Å². The molecule has 1 unspecified atom stereocenters. The van der Waals surface area contributed by atoms with Gasteiger partial charge in [0.25, 0.3) is 0 Å². The molecule has 2 heterocycles. The molecule has 1 N–H and O–H groups in total. The molecular weight excluding hydrogens is 340 g/mol. The van der Waals surface area contributed by atoms with Crippen molar-refractivity contribution < 1.29 is 14.3 Å². The molecule has 2 aromatic carbocycles. The second kappa shape index (κ2) is 8.44. The quantitative estimate of drug-likeness (QED) is 0.854. The zero-order valence-corrected chi connectivity index (χ0v) is 15.5. The Morgan fingerprint density at radius 2 is 1.89 bits per heavy atom. The minimum absolute atomic E-state index is 0.0908. The summed E-state index contributed by atoms with van der Waals surface area (Å²) in [6.07, 6.45) is 1.70. The van der Waals surface area contributed by atoms with E-state index in [0.717, 1.165) is 36.7 Å². The van der Waals surface area contributed by atoms with Crippen molar-refractivity contribution in [2.24, 2.45) is 0 Å². The molecule has 0 radical (unpaired) electrons. The summed E-state index contributed by atoms with van der Waals surface area (Å²) in [5, 5.41) is 3.01. The Balaban J connectivity index is 1.20. The number of rotatable bonds is 6. The van der Waals surface area contributed by atoms with E-state index in [1.165, 1.54) is 12.0 Å². The summed E-state index contributed by atoms with van der Waals surface area (Å²) < 4.78 is 11.1. The van der Waals surface area contributed by atoms with Crippen LogP contribution in [-0.4, -0.2) is 43.7 Å². The Kier molecular flexibility index (Phi) is 5.58. The van der Waals surface area contributed by atoms with Gasteiger partial charge in [-0.3, -0.25) is 4.79 Å². The smallest absolute Gasteiger partial charge is 0.221 e.